The van der Waals surface area contributed by atoms with Crippen LogP contribution in [0.1, 0.15) is 38.7 Å². The molecule has 2 aromatic rings. The Morgan fingerprint density at radius 1 is 1.03 bits per heavy atom. The Bertz CT molecular complexity index is 1050. The first kappa shape index (κ1) is 27.3. The fraction of sp³-hybridized carbons (Fsp3) is 0.440. The van der Waals surface area contributed by atoms with Gasteiger partial charge in [0.1, 0.15) is 11.9 Å². The third kappa shape index (κ3) is 8.13. The SMILES string of the molecule is CCCNC(=O)[C@@H](C)N(CCc1ccccc1)C(=O)CCCN(c1ccccc1F)S(C)(=O)=O. The highest BCUT2D eigenvalue weighted by Gasteiger charge is 2.26. The molecule has 2 rings (SSSR count). The first-order valence-electron chi connectivity index (χ1n) is 11.5. The van der Waals surface area contributed by atoms with Gasteiger partial charge in [-0.15, -0.1) is 0 Å². The number of hydrogen-bond donors (Lipinski definition) is 1. The molecular formula is C25H34FN3O4S. The van der Waals surface area contributed by atoms with Gasteiger partial charge in [0.15, 0.2) is 0 Å². The molecule has 0 heterocycles. The highest BCUT2D eigenvalue weighted by molar-refractivity contribution is 7.92. The van der Waals surface area contributed by atoms with E-state index in [-0.39, 0.29) is 36.9 Å². The van der Waals surface area contributed by atoms with Gasteiger partial charge in [-0.1, -0.05) is 49.4 Å². The minimum absolute atomic E-state index is 0.0284. The summed E-state index contributed by atoms with van der Waals surface area (Å²) in [5.74, 6) is -1.13. The molecule has 0 saturated heterocycles. The van der Waals surface area contributed by atoms with E-state index in [4.69, 9.17) is 0 Å². The van der Waals surface area contributed by atoms with Crippen molar-refractivity contribution < 1.29 is 22.4 Å². The van der Waals surface area contributed by atoms with E-state index in [2.05, 4.69) is 5.32 Å². The maximum Gasteiger partial charge on any atom is 0.242 e. The van der Waals surface area contributed by atoms with Crippen LogP contribution in [0.3, 0.4) is 0 Å². The van der Waals surface area contributed by atoms with Gasteiger partial charge in [-0.25, -0.2) is 12.8 Å². The maximum absolute atomic E-state index is 14.2. The van der Waals surface area contributed by atoms with E-state index in [0.717, 1.165) is 22.5 Å². The van der Waals surface area contributed by atoms with Crippen molar-refractivity contribution >= 4 is 27.5 Å². The van der Waals surface area contributed by atoms with E-state index < -0.39 is 21.9 Å². The summed E-state index contributed by atoms with van der Waals surface area (Å²) in [6.45, 7) is 4.47. The molecular weight excluding hydrogens is 457 g/mol. The van der Waals surface area contributed by atoms with Crippen molar-refractivity contribution in [2.75, 3.05) is 30.2 Å². The number of amides is 2. The van der Waals surface area contributed by atoms with Crippen molar-refractivity contribution in [3.63, 3.8) is 0 Å². The molecule has 0 aromatic heterocycles. The number of nitrogens with one attached hydrogen (secondary N) is 1. The second kappa shape index (κ2) is 13.1. The molecule has 186 valence electrons. The molecule has 7 nitrogen and oxygen atoms in total. The van der Waals surface area contributed by atoms with Crippen molar-refractivity contribution in [1.82, 2.24) is 10.2 Å². The number of rotatable bonds is 13. The van der Waals surface area contributed by atoms with Crippen molar-refractivity contribution in [2.24, 2.45) is 0 Å². The summed E-state index contributed by atoms with van der Waals surface area (Å²) >= 11 is 0. The van der Waals surface area contributed by atoms with Gasteiger partial charge < -0.3 is 10.2 Å². The van der Waals surface area contributed by atoms with Crippen LogP contribution < -0.4 is 9.62 Å². The highest BCUT2D eigenvalue weighted by Crippen LogP contribution is 2.22. The van der Waals surface area contributed by atoms with Gasteiger partial charge in [0, 0.05) is 26.1 Å². The summed E-state index contributed by atoms with van der Waals surface area (Å²) in [5.41, 5.74) is 0.995. The monoisotopic (exact) mass is 491 g/mol. The maximum atomic E-state index is 14.2. The normalized spacial score (nSPS) is 12.1. The number of benzene rings is 2. The van der Waals surface area contributed by atoms with E-state index in [9.17, 15) is 22.4 Å². The van der Waals surface area contributed by atoms with E-state index >= 15 is 0 Å². The summed E-state index contributed by atoms with van der Waals surface area (Å²) in [5, 5.41) is 2.83. The van der Waals surface area contributed by atoms with Crippen LogP contribution in [0.25, 0.3) is 0 Å². The summed E-state index contributed by atoms with van der Waals surface area (Å²) in [6.07, 6.45) is 2.59. The summed E-state index contributed by atoms with van der Waals surface area (Å²) < 4.78 is 39.7. The van der Waals surface area contributed by atoms with Gasteiger partial charge in [-0.2, -0.15) is 0 Å². The molecule has 0 aliphatic carbocycles. The van der Waals surface area contributed by atoms with Crippen molar-refractivity contribution in [2.45, 2.75) is 45.6 Å². The first-order valence-corrected chi connectivity index (χ1v) is 13.3. The van der Waals surface area contributed by atoms with Crippen molar-refractivity contribution in [3.8, 4) is 0 Å². The zero-order valence-corrected chi connectivity index (χ0v) is 20.9. The lowest BCUT2D eigenvalue weighted by atomic mass is 10.1. The average molecular weight is 492 g/mol. The van der Waals surface area contributed by atoms with Crippen molar-refractivity contribution in [3.05, 3.63) is 66.0 Å². The summed E-state index contributed by atoms with van der Waals surface area (Å²) in [4.78, 5) is 27.2. The lowest BCUT2D eigenvalue weighted by molar-refractivity contribution is -0.139. The van der Waals surface area contributed by atoms with E-state index in [1.54, 1.807) is 13.0 Å². The predicted molar refractivity (Wildman–Crippen MR) is 132 cm³/mol. The average Bonchev–Trinajstić information content (AvgIpc) is 2.81. The molecule has 0 radical (unpaired) electrons. The Labute approximate surface area is 202 Å². The van der Waals surface area contributed by atoms with Gasteiger partial charge >= 0.3 is 0 Å². The zero-order valence-electron chi connectivity index (χ0n) is 20.0. The largest absolute Gasteiger partial charge is 0.354 e. The van der Waals surface area contributed by atoms with Crippen LogP contribution in [0, 0.1) is 5.82 Å². The quantitative estimate of drug-likeness (QED) is 0.466. The van der Waals surface area contributed by atoms with Crippen LogP contribution in [0.2, 0.25) is 0 Å². The molecule has 0 spiro atoms. The fourth-order valence-electron chi connectivity index (χ4n) is 3.60. The molecule has 1 atom stereocenters. The molecule has 0 unspecified atom stereocenters. The number of sulfonamides is 1. The number of para-hydroxylation sites is 1. The lowest BCUT2D eigenvalue weighted by Crippen LogP contribution is -2.49. The molecule has 0 aliphatic heterocycles. The third-order valence-electron chi connectivity index (χ3n) is 5.47. The molecule has 1 N–H and O–H groups in total. The van der Waals surface area contributed by atoms with Gasteiger partial charge in [-0.05, 0) is 43.9 Å². The Morgan fingerprint density at radius 3 is 2.29 bits per heavy atom. The topological polar surface area (TPSA) is 86.8 Å². The first-order chi connectivity index (χ1) is 16.1. The van der Waals surface area contributed by atoms with Crippen LogP contribution in [0.15, 0.2) is 54.6 Å². The molecule has 2 amide bonds. The van der Waals surface area contributed by atoms with Crippen LogP contribution in [0.5, 0.6) is 0 Å². The summed E-state index contributed by atoms with van der Waals surface area (Å²) in [6, 6.07) is 14.6. The number of carbonyl (C=O) groups is 2. The molecule has 0 bridgehead atoms. The highest BCUT2D eigenvalue weighted by atomic mass is 32.2. The van der Waals surface area contributed by atoms with Crippen LogP contribution in [0.4, 0.5) is 10.1 Å². The van der Waals surface area contributed by atoms with E-state index in [0.29, 0.717) is 19.5 Å². The van der Waals surface area contributed by atoms with Crippen LogP contribution >= 0.6 is 0 Å². The molecule has 34 heavy (non-hydrogen) atoms. The van der Waals surface area contributed by atoms with Gasteiger partial charge in [0.2, 0.25) is 21.8 Å². The van der Waals surface area contributed by atoms with E-state index in [1.807, 2.05) is 37.3 Å². The van der Waals surface area contributed by atoms with Gasteiger partial charge in [0.25, 0.3) is 0 Å². The van der Waals surface area contributed by atoms with Crippen LogP contribution in [-0.2, 0) is 26.0 Å². The molecule has 0 fully saturated rings. The second-order valence-corrected chi connectivity index (χ2v) is 10.1. The minimum atomic E-state index is -3.74. The number of halogens is 1. The number of anilines is 1. The molecule has 0 aliphatic rings. The van der Waals surface area contributed by atoms with E-state index in [1.165, 1.54) is 23.1 Å². The Morgan fingerprint density at radius 2 is 1.68 bits per heavy atom. The fourth-order valence-corrected chi connectivity index (χ4v) is 4.57. The Kier molecular flexibility index (Phi) is 10.5. The lowest BCUT2D eigenvalue weighted by Gasteiger charge is -2.29. The summed E-state index contributed by atoms with van der Waals surface area (Å²) in [7, 11) is -3.74. The smallest absolute Gasteiger partial charge is 0.242 e. The molecule has 9 heteroatoms. The molecule has 2 aromatic carbocycles. The number of nitrogens with zero attached hydrogens (tertiary/aromatic N) is 2. The molecule has 0 saturated carbocycles. The number of carbonyl (C=O) groups excluding carboxylic acids is 2. The number of hydrogen-bond acceptors (Lipinski definition) is 4. The van der Waals surface area contributed by atoms with Crippen LogP contribution in [-0.4, -0.2) is 57.1 Å². The van der Waals surface area contributed by atoms with Gasteiger partial charge in [0.05, 0.1) is 11.9 Å². The zero-order chi connectivity index (χ0) is 25.1. The predicted octanol–water partition coefficient (Wildman–Crippen LogP) is 3.36. The minimum Gasteiger partial charge on any atom is -0.354 e. The third-order valence-corrected chi connectivity index (χ3v) is 6.65. The Hall–Kier alpha value is -2.94. The second-order valence-electron chi connectivity index (χ2n) is 8.18. The van der Waals surface area contributed by atoms with Gasteiger partial charge in [-0.3, -0.25) is 13.9 Å². The van der Waals surface area contributed by atoms with Crippen molar-refractivity contribution in [1.29, 1.82) is 0 Å². The standard InChI is InChI=1S/C25H34FN3O4S/c1-4-17-27-25(31)20(2)28(19-16-21-11-6-5-7-12-21)24(30)15-10-18-29(34(3,32)33)23-14-9-8-13-22(23)26/h5-9,11-14,20H,4,10,15-19H2,1-3H3,(H,27,31)/t20-/m1/s1. The Balaban J connectivity index is 2.10.